The number of amides is 1. The molecule has 1 heterocycles. The van der Waals surface area contributed by atoms with Crippen molar-refractivity contribution in [2.45, 2.75) is 31.2 Å². The lowest BCUT2D eigenvalue weighted by Crippen LogP contribution is -2.43. The number of nitro benzene ring substituents is 1. The van der Waals surface area contributed by atoms with Crippen LogP contribution in [0, 0.1) is 10.1 Å². The predicted molar refractivity (Wildman–Crippen MR) is 126 cm³/mol. The Morgan fingerprint density at radius 2 is 1.71 bits per heavy atom. The molecule has 9 nitrogen and oxygen atoms in total. The first kappa shape index (κ1) is 25.1. The van der Waals surface area contributed by atoms with Gasteiger partial charge in [0.1, 0.15) is 5.76 Å². The maximum atomic E-state index is 13.3. The van der Waals surface area contributed by atoms with E-state index in [1.807, 2.05) is 37.3 Å². The Kier molecular flexibility index (Phi) is 8.55. The van der Waals surface area contributed by atoms with E-state index in [9.17, 15) is 23.3 Å². The van der Waals surface area contributed by atoms with Crippen LogP contribution in [-0.2, 0) is 27.8 Å². The molecular weight excluding hydrogens is 458 g/mol. The first-order valence-electron chi connectivity index (χ1n) is 10.9. The van der Waals surface area contributed by atoms with Crippen LogP contribution in [-0.4, -0.2) is 48.1 Å². The van der Waals surface area contributed by atoms with E-state index < -0.39 is 14.9 Å². The molecule has 1 aromatic heterocycles. The number of carbonyl (C=O) groups excluding carboxylic acids is 1. The van der Waals surface area contributed by atoms with Gasteiger partial charge < -0.3 is 9.32 Å². The highest BCUT2D eigenvalue weighted by molar-refractivity contribution is 7.89. The van der Waals surface area contributed by atoms with Gasteiger partial charge in [0.25, 0.3) is 5.69 Å². The molecule has 2 aromatic carbocycles. The normalized spacial score (nSPS) is 11.5. The Hall–Kier alpha value is -3.50. The number of hydrogen-bond donors (Lipinski definition) is 0. The molecule has 0 aliphatic carbocycles. The topological polar surface area (TPSA) is 114 Å². The van der Waals surface area contributed by atoms with Crippen LogP contribution in [0.15, 0.2) is 82.3 Å². The molecule has 0 radical (unpaired) electrons. The van der Waals surface area contributed by atoms with E-state index in [1.165, 1.54) is 18.4 Å². The van der Waals surface area contributed by atoms with Crippen molar-refractivity contribution in [1.82, 2.24) is 9.21 Å². The van der Waals surface area contributed by atoms with Gasteiger partial charge in [-0.05, 0) is 42.7 Å². The number of hydrogen-bond acceptors (Lipinski definition) is 6. The molecule has 0 aliphatic rings. The highest BCUT2D eigenvalue weighted by atomic mass is 32.2. The Bertz CT molecular complexity index is 1180. The molecule has 3 rings (SSSR count). The molecule has 0 saturated heterocycles. The van der Waals surface area contributed by atoms with Gasteiger partial charge in [-0.15, -0.1) is 0 Å². The standard InChI is InChI=1S/C24H27N3O6S/c1-2-15-26(34(31,32)23-12-10-21(11-13-23)27(29)30)19-24(28)25(18-22-9-6-17-33-22)16-14-20-7-4-3-5-8-20/h3-13,17H,2,14-16,18-19H2,1H3. The number of non-ortho nitro benzene ring substituents is 1. The highest BCUT2D eigenvalue weighted by Crippen LogP contribution is 2.20. The van der Waals surface area contributed by atoms with Crippen LogP contribution in [0.25, 0.3) is 0 Å². The molecule has 0 unspecified atom stereocenters. The Morgan fingerprint density at radius 3 is 2.29 bits per heavy atom. The zero-order valence-corrected chi connectivity index (χ0v) is 19.7. The summed E-state index contributed by atoms with van der Waals surface area (Å²) in [6, 6.07) is 17.9. The molecule has 0 fully saturated rings. The van der Waals surface area contributed by atoms with Crippen LogP contribution in [0.2, 0.25) is 0 Å². The van der Waals surface area contributed by atoms with Gasteiger partial charge in [-0.25, -0.2) is 8.42 Å². The molecule has 0 spiro atoms. The molecule has 0 saturated carbocycles. The molecular formula is C24H27N3O6S. The summed E-state index contributed by atoms with van der Waals surface area (Å²) in [6.45, 7) is 2.22. The van der Waals surface area contributed by atoms with Gasteiger partial charge in [0.2, 0.25) is 15.9 Å². The SMILES string of the molecule is CCCN(CC(=O)N(CCc1ccccc1)Cc1ccco1)S(=O)(=O)c1ccc([N+](=O)[O-])cc1. The molecule has 0 bridgehead atoms. The van der Waals surface area contributed by atoms with Crippen LogP contribution in [0.5, 0.6) is 0 Å². The fourth-order valence-electron chi connectivity index (χ4n) is 3.46. The first-order valence-corrected chi connectivity index (χ1v) is 12.3. The summed E-state index contributed by atoms with van der Waals surface area (Å²) in [5.74, 6) is 0.243. The maximum Gasteiger partial charge on any atom is 0.269 e. The maximum absolute atomic E-state index is 13.3. The molecule has 0 aliphatic heterocycles. The molecule has 34 heavy (non-hydrogen) atoms. The van der Waals surface area contributed by atoms with Crippen LogP contribution < -0.4 is 0 Å². The van der Waals surface area contributed by atoms with E-state index in [-0.39, 0.29) is 36.1 Å². The van der Waals surface area contributed by atoms with E-state index in [0.717, 1.165) is 22.0 Å². The second-order valence-corrected chi connectivity index (χ2v) is 9.66. The summed E-state index contributed by atoms with van der Waals surface area (Å²) < 4.78 is 33.0. The fraction of sp³-hybridized carbons (Fsp3) is 0.292. The summed E-state index contributed by atoms with van der Waals surface area (Å²) in [7, 11) is -4.02. The van der Waals surface area contributed by atoms with E-state index in [4.69, 9.17) is 4.42 Å². The minimum Gasteiger partial charge on any atom is -0.467 e. The predicted octanol–water partition coefficient (Wildman–Crippen LogP) is 3.86. The van der Waals surface area contributed by atoms with Crippen molar-refractivity contribution in [2.24, 2.45) is 0 Å². The second kappa shape index (κ2) is 11.6. The Labute approximate surface area is 198 Å². The molecule has 1 amide bonds. The largest absolute Gasteiger partial charge is 0.467 e. The minimum atomic E-state index is -4.02. The smallest absolute Gasteiger partial charge is 0.269 e. The average molecular weight is 486 g/mol. The third kappa shape index (κ3) is 6.52. The van der Waals surface area contributed by atoms with Crippen LogP contribution in [0.3, 0.4) is 0 Å². The number of sulfonamides is 1. The van der Waals surface area contributed by atoms with Gasteiger partial charge >= 0.3 is 0 Å². The second-order valence-electron chi connectivity index (χ2n) is 7.72. The van der Waals surface area contributed by atoms with Crippen molar-refractivity contribution in [3.05, 3.63) is 94.4 Å². The van der Waals surface area contributed by atoms with Gasteiger partial charge in [-0.3, -0.25) is 14.9 Å². The highest BCUT2D eigenvalue weighted by Gasteiger charge is 2.28. The molecule has 10 heteroatoms. The zero-order valence-electron chi connectivity index (χ0n) is 18.9. The van der Waals surface area contributed by atoms with Crippen LogP contribution in [0.1, 0.15) is 24.7 Å². The van der Waals surface area contributed by atoms with Crippen molar-refractivity contribution in [3.63, 3.8) is 0 Å². The Balaban J connectivity index is 1.79. The molecule has 180 valence electrons. The van der Waals surface area contributed by atoms with Crippen molar-refractivity contribution in [3.8, 4) is 0 Å². The quantitative estimate of drug-likeness (QED) is 0.284. The van der Waals surface area contributed by atoms with E-state index in [2.05, 4.69) is 0 Å². The van der Waals surface area contributed by atoms with Gasteiger partial charge in [-0.1, -0.05) is 37.3 Å². The summed E-state index contributed by atoms with van der Waals surface area (Å²) in [5, 5.41) is 10.9. The molecule has 0 atom stereocenters. The Morgan fingerprint density at radius 1 is 1.00 bits per heavy atom. The summed E-state index contributed by atoms with van der Waals surface area (Å²) in [6.07, 6.45) is 2.63. The van der Waals surface area contributed by atoms with Crippen molar-refractivity contribution < 1.29 is 22.6 Å². The lowest BCUT2D eigenvalue weighted by Gasteiger charge is -2.26. The van der Waals surface area contributed by atoms with Crippen LogP contribution >= 0.6 is 0 Å². The zero-order chi connectivity index (χ0) is 24.6. The average Bonchev–Trinajstić information content (AvgIpc) is 3.35. The number of carbonyl (C=O) groups is 1. The number of nitrogens with zero attached hydrogens (tertiary/aromatic N) is 3. The summed E-state index contributed by atoms with van der Waals surface area (Å²) in [5.41, 5.74) is 0.853. The van der Waals surface area contributed by atoms with Gasteiger partial charge in [0.15, 0.2) is 0 Å². The van der Waals surface area contributed by atoms with E-state index >= 15 is 0 Å². The monoisotopic (exact) mass is 485 g/mol. The molecule has 3 aromatic rings. The number of benzene rings is 2. The van der Waals surface area contributed by atoms with Crippen molar-refractivity contribution >= 4 is 21.6 Å². The third-order valence-corrected chi connectivity index (χ3v) is 7.12. The first-order chi connectivity index (χ1) is 16.3. The minimum absolute atomic E-state index is 0.0961. The number of rotatable bonds is 12. The molecule has 0 N–H and O–H groups in total. The van der Waals surface area contributed by atoms with Gasteiger partial charge in [0, 0.05) is 25.2 Å². The van der Waals surface area contributed by atoms with Crippen molar-refractivity contribution in [2.75, 3.05) is 19.6 Å². The lowest BCUT2D eigenvalue weighted by molar-refractivity contribution is -0.384. The van der Waals surface area contributed by atoms with Gasteiger partial charge in [-0.2, -0.15) is 4.31 Å². The van der Waals surface area contributed by atoms with Crippen LogP contribution in [0.4, 0.5) is 5.69 Å². The fourth-order valence-corrected chi connectivity index (χ4v) is 4.95. The van der Waals surface area contributed by atoms with Gasteiger partial charge in [0.05, 0.1) is 29.2 Å². The lowest BCUT2D eigenvalue weighted by atomic mass is 10.1. The van der Waals surface area contributed by atoms with Crippen molar-refractivity contribution in [1.29, 1.82) is 0 Å². The summed E-state index contributed by atoms with van der Waals surface area (Å²) >= 11 is 0. The summed E-state index contributed by atoms with van der Waals surface area (Å²) in [4.78, 5) is 25.1. The number of furan rings is 1. The van der Waals surface area contributed by atoms with E-state index in [0.29, 0.717) is 25.1 Å². The number of nitro groups is 1. The van der Waals surface area contributed by atoms with E-state index in [1.54, 1.807) is 17.0 Å². The third-order valence-electron chi connectivity index (χ3n) is 5.26.